The van der Waals surface area contributed by atoms with Gasteiger partial charge < -0.3 is 16.6 Å². The van der Waals surface area contributed by atoms with E-state index in [0.29, 0.717) is 0 Å². The summed E-state index contributed by atoms with van der Waals surface area (Å²) in [6, 6.07) is 6.02. The molecule has 0 atom stereocenters. The van der Waals surface area contributed by atoms with Gasteiger partial charge in [-0.2, -0.15) is 0 Å². The number of phenols is 1. The lowest BCUT2D eigenvalue weighted by Crippen LogP contribution is -2.18. The standard InChI is InChI=1S/C14H10ClFN2O3/c15-6-4-9(16)12(10(19)5-6)11-7(13(17)20)2-1-3-8(11)14(18)21/h1-5,19H,(H2,17,20)(H2,18,21). The number of hydrogen-bond acceptors (Lipinski definition) is 3. The molecular formula is C14H10ClFN2O3. The van der Waals surface area contributed by atoms with Gasteiger partial charge in [-0.25, -0.2) is 4.39 Å². The normalized spacial score (nSPS) is 10.4. The van der Waals surface area contributed by atoms with E-state index < -0.39 is 23.4 Å². The van der Waals surface area contributed by atoms with E-state index in [1.807, 2.05) is 0 Å². The van der Waals surface area contributed by atoms with Crippen LogP contribution < -0.4 is 11.5 Å². The van der Waals surface area contributed by atoms with Crippen LogP contribution in [0.5, 0.6) is 5.75 Å². The lowest BCUT2D eigenvalue weighted by atomic mass is 9.92. The Kier molecular flexibility index (Phi) is 3.82. The first-order chi connectivity index (χ1) is 9.82. The van der Waals surface area contributed by atoms with Gasteiger partial charge in [0.15, 0.2) is 0 Å². The summed E-state index contributed by atoms with van der Waals surface area (Å²) in [4.78, 5) is 23.0. The van der Waals surface area contributed by atoms with E-state index in [2.05, 4.69) is 0 Å². The highest BCUT2D eigenvalue weighted by Gasteiger charge is 2.23. The first-order valence-corrected chi connectivity index (χ1v) is 6.11. The number of benzene rings is 2. The molecule has 0 fully saturated rings. The fourth-order valence-corrected chi connectivity index (χ4v) is 2.24. The van der Waals surface area contributed by atoms with E-state index in [0.717, 1.165) is 12.1 Å². The fraction of sp³-hybridized carbons (Fsp3) is 0. The highest BCUT2D eigenvalue weighted by atomic mass is 35.5. The number of phenolic OH excluding ortho intramolecular Hbond substituents is 1. The van der Waals surface area contributed by atoms with Crippen LogP contribution in [0.4, 0.5) is 4.39 Å². The van der Waals surface area contributed by atoms with Crippen molar-refractivity contribution in [2.24, 2.45) is 11.5 Å². The zero-order chi connectivity index (χ0) is 15.7. The van der Waals surface area contributed by atoms with Crippen LogP contribution in [0.2, 0.25) is 5.02 Å². The van der Waals surface area contributed by atoms with Crippen molar-refractivity contribution in [1.82, 2.24) is 0 Å². The fourth-order valence-electron chi connectivity index (χ4n) is 2.04. The van der Waals surface area contributed by atoms with Crippen LogP contribution in [0.3, 0.4) is 0 Å². The molecule has 0 unspecified atom stereocenters. The Morgan fingerprint density at radius 2 is 1.57 bits per heavy atom. The monoisotopic (exact) mass is 308 g/mol. The van der Waals surface area contributed by atoms with E-state index in [4.69, 9.17) is 23.1 Å². The summed E-state index contributed by atoms with van der Waals surface area (Å²) < 4.78 is 14.1. The predicted molar refractivity (Wildman–Crippen MR) is 75.5 cm³/mol. The van der Waals surface area contributed by atoms with Gasteiger partial charge in [-0.3, -0.25) is 9.59 Å². The van der Waals surface area contributed by atoms with E-state index in [1.165, 1.54) is 18.2 Å². The van der Waals surface area contributed by atoms with Crippen molar-refractivity contribution in [2.45, 2.75) is 0 Å². The van der Waals surface area contributed by atoms with E-state index in [-0.39, 0.29) is 27.3 Å². The summed E-state index contributed by atoms with van der Waals surface area (Å²) in [5.74, 6) is -3.21. The molecule has 0 aliphatic rings. The second kappa shape index (κ2) is 5.41. The summed E-state index contributed by atoms with van der Waals surface area (Å²) in [6.07, 6.45) is 0. The predicted octanol–water partition coefficient (Wildman–Crippen LogP) is 2.05. The molecule has 0 bridgehead atoms. The lowest BCUT2D eigenvalue weighted by molar-refractivity contribution is 0.0999. The summed E-state index contributed by atoms with van der Waals surface area (Å²) in [5.41, 5.74) is 9.67. The van der Waals surface area contributed by atoms with Crippen molar-refractivity contribution < 1.29 is 19.1 Å². The molecule has 7 heteroatoms. The summed E-state index contributed by atoms with van der Waals surface area (Å²) in [7, 11) is 0. The molecule has 2 aromatic rings. The number of hydrogen-bond donors (Lipinski definition) is 3. The molecule has 0 heterocycles. The van der Waals surface area contributed by atoms with Gasteiger partial charge in [-0.15, -0.1) is 0 Å². The molecule has 0 aromatic heterocycles. The molecule has 0 spiro atoms. The Balaban J connectivity index is 2.91. The van der Waals surface area contributed by atoms with Gasteiger partial charge in [0, 0.05) is 21.7 Å². The molecule has 0 radical (unpaired) electrons. The zero-order valence-electron chi connectivity index (χ0n) is 10.6. The van der Waals surface area contributed by atoms with Crippen LogP contribution >= 0.6 is 11.6 Å². The van der Waals surface area contributed by atoms with Crippen molar-refractivity contribution in [2.75, 3.05) is 0 Å². The minimum absolute atomic E-state index is 0.0362. The zero-order valence-corrected chi connectivity index (χ0v) is 11.3. The van der Waals surface area contributed by atoms with E-state index in [9.17, 15) is 19.1 Å². The molecule has 0 aliphatic carbocycles. The molecular weight excluding hydrogens is 299 g/mol. The van der Waals surface area contributed by atoms with Crippen molar-refractivity contribution in [3.8, 4) is 16.9 Å². The summed E-state index contributed by atoms with van der Waals surface area (Å²) in [6.45, 7) is 0. The first kappa shape index (κ1) is 14.8. The third kappa shape index (κ3) is 2.66. The number of amides is 2. The van der Waals surface area contributed by atoms with Crippen LogP contribution in [-0.4, -0.2) is 16.9 Å². The highest BCUT2D eigenvalue weighted by Crippen LogP contribution is 2.38. The topological polar surface area (TPSA) is 106 Å². The average Bonchev–Trinajstić information content (AvgIpc) is 2.37. The summed E-state index contributed by atoms with van der Waals surface area (Å²) in [5, 5.41) is 9.87. The second-order valence-corrected chi connectivity index (χ2v) is 4.67. The van der Waals surface area contributed by atoms with Gasteiger partial charge in [-0.05, 0) is 24.3 Å². The molecule has 2 rings (SSSR count). The van der Waals surface area contributed by atoms with E-state index >= 15 is 0 Å². The smallest absolute Gasteiger partial charge is 0.249 e. The van der Waals surface area contributed by atoms with Gasteiger partial charge in [0.05, 0.1) is 5.56 Å². The minimum Gasteiger partial charge on any atom is -0.507 e. The number of aromatic hydroxyl groups is 1. The SMILES string of the molecule is NC(=O)c1cccc(C(N)=O)c1-c1c(O)cc(Cl)cc1F. The van der Waals surface area contributed by atoms with Crippen LogP contribution in [0, 0.1) is 5.82 Å². The van der Waals surface area contributed by atoms with Crippen molar-refractivity contribution >= 4 is 23.4 Å². The van der Waals surface area contributed by atoms with Gasteiger partial charge in [0.25, 0.3) is 0 Å². The van der Waals surface area contributed by atoms with Crippen LogP contribution in [0.15, 0.2) is 30.3 Å². The number of carbonyl (C=O) groups is 2. The molecule has 108 valence electrons. The molecule has 0 aliphatic heterocycles. The minimum atomic E-state index is -0.906. The molecule has 0 saturated carbocycles. The molecule has 5 N–H and O–H groups in total. The van der Waals surface area contributed by atoms with Crippen molar-refractivity contribution in [3.05, 3.63) is 52.3 Å². The van der Waals surface area contributed by atoms with Gasteiger partial charge >= 0.3 is 0 Å². The van der Waals surface area contributed by atoms with Gasteiger partial charge in [0.1, 0.15) is 11.6 Å². The maximum absolute atomic E-state index is 14.1. The lowest BCUT2D eigenvalue weighted by Gasteiger charge is -2.14. The van der Waals surface area contributed by atoms with Crippen molar-refractivity contribution in [3.63, 3.8) is 0 Å². The Labute approximate surface area is 123 Å². The number of rotatable bonds is 3. The first-order valence-electron chi connectivity index (χ1n) is 5.74. The average molecular weight is 309 g/mol. The Morgan fingerprint density at radius 3 is 2.00 bits per heavy atom. The molecule has 21 heavy (non-hydrogen) atoms. The molecule has 2 amide bonds. The van der Waals surface area contributed by atoms with Gasteiger partial charge in [-0.1, -0.05) is 17.7 Å². The summed E-state index contributed by atoms with van der Waals surface area (Å²) >= 11 is 5.63. The molecule has 2 aromatic carbocycles. The third-order valence-electron chi connectivity index (χ3n) is 2.88. The highest BCUT2D eigenvalue weighted by molar-refractivity contribution is 6.30. The maximum atomic E-state index is 14.1. The second-order valence-electron chi connectivity index (χ2n) is 4.24. The molecule has 0 saturated heterocycles. The Morgan fingerprint density at radius 1 is 1.05 bits per heavy atom. The Bertz CT molecular complexity index is 707. The maximum Gasteiger partial charge on any atom is 0.249 e. The van der Waals surface area contributed by atoms with Crippen LogP contribution in [-0.2, 0) is 0 Å². The number of primary amides is 2. The van der Waals surface area contributed by atoms with Crippen LogP contribution in [0.1, 0.15) is 20.7 Å². The van der Waals surface area contributed by atoms with E-state index in [1.54, 1.807) is 0 Å². The third-order valence-corrected chi connectivity index (χ3v) is 3.10. The number of halogens is 2. The largest absolute Gasteiger partial charge is 0.507 e. The quantitative estimate of drug-likeness (QED) is 0.807. The number of carbonyl (C=O) groups excluding carboxylic acids is 2. The molecule has 5 nitrogen and oxygen atoms in total. The number of nitrogens with two attached hydrogens (primary N) is 2. The van der Waals surface area contributed by atoms with Crippen LogP contribution in [0.25, 0.3) is 11.1 Å². The van der Waals surface area contributed by atoms with Gasteiger partial charge in [0.2, 0.25) is 11.8 Å². The Hall–Kier alpha value is -2.60. The van der Waals surface area contributed by atoms with Crippen molar-refractivity contribution in [1.29, 1.82) is 0 Å².